The molecule has 0 amide bonds. The van der Waals surface area contributed by atoms with Gasteiger partial charge in [-0.2, -0.15) is 0 Å². The monoisotopic (exact) mass is 313 g/mol. The third kappa shape index (κ3) is 2.45. The first-order chi connectivity index (χ1) is 8.32. The van der Waals surface area contributed by atoms with Crippen LogP contribution in [0.25, 0.3) is 11.0 Å². The molecule has 1 atom stereocenters. The fourth-order valence-corrected chi connectivity index (χ4v) is 2.77. The molecule has 0 bridgehead atoms. The summed E-state index contributed by atoms with van der Waals surface area (Å²) in [5.41, 5.74) is 0.712. The van der Waals surface area contributed by atoms with Gasteiger partial charge in [0.2, 0.25) is 0 Å². The Morgan fingerprint density at radius 3 is 2.50 bits per heavy atom. The Balaban J connectivity index is 2.56. The zero-order chi connectivity index (χ0) is 13.5. The summed E-state index contributed by atoms with van der Waals surface area (Å²) in [6.07, 6.45) is 0. The summed E-state index contributed by atoms with van der Waals surface area (Å²) in [6, 6.07) is 4.89. The molecule has 1 aromatic carbocycles. The van der Waals surface area contributed by atoms with Gasteiger partial charge in [-0.15, -0.1) is 0 Å². The maximum Gasteiger partial charge on any atom is 0.148 e. The van der Waals surface area contributed by atoms with Crippen LogP contribution in [0.2, 0.25) is 0 Å². The molecule has 2 aromatic rings. The van der Waals surface area contributed by atoms with Crippen molar-refractivity contribution in [3.63, 3.8) is 0 Å². The molecule has 0 aliphatic carbocycles. The molecule has 1 unspecified atom stereocenters. The molecular formula is C14H17BrFNO. The number of halogens is 2. The summed E-state index contributed by atoms with van der Waals surface area (Å²) in [5, 5.41) is 4.03. The average molecular weight is 314 g/mol. The first-order valence-corrected chi connectivity index (χ1v) is 6.68. The van der Waals surface area contributed by atoms with Gasteiger partial charge in [0.05, 0.1) is 10.5 Å². The van der Waals surface area contributed by atoms with Crippen LogP contribution in [-0.4, -0.2) is 7.05 Å². The number of furan rings is 1. The Morgan fingerprint density at radius 2 is 1.94 bits per heavy atom. The molecule has 1 N–H and O–H groups in total. The van der Waals surface area contributed by atoms with Crippen molar-refractivity contribution in [2.24, 2.45) is 5.41 Å². The topological polar surface area (TPSA) is 25.2 Å². The average Bonchev–Trinajstić information content (AvgIpc) is 2.59. The maximum absolute atomic E-state index is 13.3. The molecule has 0 fully saturated rings. The molecule has 4 heteroatoms. The van der Waals surface area contributed by atoms with Crippen LogP contribution in [0.4, 0.5) is 4.39 Å². The molecule has 0 radical (unpaired) electrons. The number of hydrogen-bond acceptors (Lipinski definition) is 2. The van der Waals surface area contributed by atoms with Crippen molar-refractivity contribution in [3.05, 3.63) is 34.2 Å². The molecule has 1 heterocycles. The molecule has 2 nitrogen and oxygen atoms in total. The molecule has 98 valence electrons. The molecule has 0 saturated carbocycles. The lowest BCUT2D eigenvalue weighted by Crippen LogP contribution is -2.29. The summed E-state index contributed by atoms with van der Waals surface area (Å²) in [6.45, 7) is 6.41. The molecule has 0 aliphatic rings. The zero-order valence-corrected chi connectivity index (χ0v) is 12.6. The SMILES string of the molecule is CNC(c1cc2cc(F)cc(Br)c2o1)C(C)(C)C. The van der Waals surface area contributed by atoms with Crippen molar-refractivity contribution < 1.29 is 8.81 Å². The molecule has 0 saturated heterocycles. The molecule has 1 aromatic heterocycles. The fourth-order valence-electron chi connectivity index (χ4n) is 2.24. The molecule has 18 heavy (non-hydrogen) atoms. The van der Waals surface area contributed by atoms with Crippen LogP contribution in [0.5, 0.6) is 0 Å². The van der Waals surface area contributed by atoms with Crippen LogP contribution >= 0.6 is 15.9 Å². The number of fused-ring (bicyclic) bond motifs is 1. The predicted octanol–water partition coefficient (Wildman–Crippen LogP) is 4.64. The van der Waals surface area contributed by atoms with Crippen molar-refractivity contribution in [2.75, 3.05) is 7.05 Å². The lowest BCUT2D eigenvalue weighted by Gasteiger charge is -2.28. The lowest BCUT2D eigenvalue weighted by molar-refractivity contribution is 0.253. The van der Waals surface area contributed by atoms with Crippen LogP contribution < -0.4 is 5.32 Å². The highest BCUT2D eigenvalue weighted by molar-refractivity contribution is 9.10. The minimum Gasteiger partial charge on any atom is -0.458 e. The van der Waals surface area contributed by atoms with Crippen LogP contribution in [0.3, 0.4) is 0 Å². The number of benzene rings is 1. The second kappa shape index (κ2) is 4.67. The van der Waals surface area contributed by atoms with E-state index in [4.69, 9.17) is 4.42 Å². The fraction of sp³-hybridized carbons (Fsp3) is 0.429. The van der Waals surface area contributed by atoms with Crippen molar-refractivity contribution in [3.8, 4) is 0 Å². The highest BCUT2D eigenvalue weighted by Gasteiger charge is 2.28. The predicted molar refractivity (Wildman–Crippen MR) is 75.1 cm³/mol. The van der Waals surface area contributed by atoms with Gasteiger partial charge in [0.25, 0.3) is 0 Å². The molecule has 0 aliphatic heterocycles. The van der Waals surface area contributed by atoms with E-state index in [0.717, 1.165) is 11.1 Å². The van der Waals surface area contributed by atoms with E-state index in [1.165, 1.54) is 12.1 Å². The molecule has 0 spiro atoms. The second-order valence-corrected chi connectivity index (χ2v) is 6.40. The van der Waals surface area contributed by atoms with Crippen LogP contribution in [0.1, 0.15) is 32.6 Å². The molecule has 2 rings (SSSR count). The van der Waals surface area contributed by atoms with Gasteiger partial charge in [-0.05, 0) is 46.6 Å². The van der Waals surface area contributed by atoms with Crippen LogP contribution in [0, 0.1) is 11.2 Å². The largest absolute Gasteiger partial charge is 0.458 e. The number of rotatable bonds is 2. The Morgan fingerprint density at radius 1 is 1.28 bits per heavy atom. The Labute approximate surface area is 115 Å². The highest BCUT2D eigenvalue weighted by Crippen LogP contribution is 2.37. The summed E-state index contributed by atoms with van der Waals surface area (Å²) in [5.74, 6) is 0.560. The van der Waals surface area contributed by atoms with Gasteiger partial charge < -0.3 is 9.73 Å². The summed E-state index contributed by atoms with van der Waals surface area (Å²) >= 11 is 3.33. The van der Waals surface area contributed by atoms with E-state index in [9.17, 15) is 4.39 Å². The van der Waals surface area contributed by atoms with E-state index in [1.807, 2.05) is 13.1 Å². The van der Waals surface area contributed by atoms with Crippen LogP contribution in [0.15, 0.2) is 27.1 Å². The van der Waals surface area contributed by atoms with Crippen LogP contribution in [-0.2, 0) is 0 Å². The van der Waals surface area contributed by atoms with Crippen molar-refractivity contribution in [2.45, 2.75) is 26.8 Å². The summed E-state index contributed by atoms with van der Waals surface area (Å²) < 4.78 is 19.8. The van der Waals surface area contributed by atoms with Gasteiger partial charge >= 0.3 is 0 Å². The zero-order valence-electron chi connectivity index (χ0n) is 11.0. The Hall–Kier alpha value is -0.870. The highest BCUT2D eigenvalue weighted by atomic mass is 79.9. The van der Waals surface area contributed by atoms with E-state index < -0.39 is 0 Å². The first kappa shape index (κ1) is 13.6. The quantitative estimate of drug-likeness (QED) is 0.873. The van der Waals surface area contributed by atoms with Gasteiger partial charge in [0, 0.05) is 5.39 Å². The van der Waals surface area contributed by atoms with Crippen molar-refractivity contribution in [1.82, 2.24) is 5.32 Å². The third-order valence-corrected chi connectivity index (χ3v) is 3.58. The molecular weight excluding hydrogens is 297 g/mol. The van der Waals surface area contributed by atoms with Crippen molar-refractivity contribution >= 4 is 26.9 Å². The summed E-state index contributed by atoms with van der Waals surface area (Å²) in [7, 11) is 1.90. The Kier molecular flexibility index (Phi) is 3.52. The van der Waals surface area contributed by atoms with Gasteiger partial charge in [-0.25, -0.2) is 4.39 Å². The third-order valence-electron chi connectivity index (χ3n) is 2.99. The van der Waals surface area contributed by atoms with E-state index >= 15 is 0 Å². The Bertz CT molecular complexity index is 571. The minimum atomic E-state index is -0.265. The van der Waals surface area contributed by atoms with E-state index in [-0.39, 0.29) is 17.3 Å². The normalized spacial score (nSPS) is 14.1. The summed E-state index contributed by atoms with van der Waals surface area (Å²) in [4.78, 5) is 0. The van der Waals surface area contributed by atoms with Gasteiger partial charge in [0.15, 0.2) is 0 Å². The minimum absolute atomic E-state index is 0.0215. The maximum atomic E-state index is 13.3. The van der Waals surface area contributed by atoms with Gasteiger partial charge in [0.1, 0.15) is 17.2 Å². The number of hydrogen-bond donors (Lipinski definition) is 1. The van der Waals surface area contributed by atoms with Gasteiger partial charge in [-0.1, -0.05) is 20.8 Å². The van der Waals surface area contributed by atoms with E-state index in [0.29, 0.717) is 10.1 Å². The second-order valence-electron chi connectivity index (χ2n) is 5.54. The van der Waals surface area contributed by atoms with E-state index in [2.05, 4.69) is 42.0 Å². The number of nitrogens with one attached hydrogen (secondary N) is 1. The van der Waals surface area contributed by atoms with Crippen molar-refractivity contribution in [1.29, 1.82) is 0 Å². The standard InChI is InChI=1S/C14H17BrFNO/c1-14(2,3)13(17-4)11-6-8-5-9(16)7-10(15)12(8)18-11/h5-7,13,17H,1-4H3. The smallest absolute Gasteiger partial charge is 0.148 e. The van der Waals surface area contributed by atoms with Gasteiger partial charge in [-0.3, -0.25) is 0 Å². The first-order valence-electron chi connectivity index (χ1n) is 5.88. The van der Waals surface area contributed by atoms with E-state index in [1.54, 1.807) is 0 Å². The lowest BCUT2D eigenvalue weighted by atomic mass is 9.85.